The Labute approximate surface area is 176 Å². The number of hydrogen-bond donors (Lipinski definition) is 3. The number of aromatic nitrogens is 3. The van der Waals surface area contributed by atoms with E-state index in [1.807, 2.05) is 0 Å². The second kappa shape index (κ2) is 8.36. The van der Waals surface area contributed by atoms with Gasteiger partial charge in [-0.3, -0.25) is 10.1 Å². The standard InChI is InChI=1S/C19H19N5O4S2/c25-16(12-5-1-2-6-12)13-7-3-4-8-14(13)23-17(26)24-18-22-11-15(29-18)30(27,28)19-20-9-10-21-19/h3-4,7-12H,1-2,5-6H2,(H,20,21)(H2,22,23,24,26). The van der Waals surface area contributed by atoms with Gasteiger partial charge in [-0.25, -0.2) is 23.2 Å². The zero-order valence-electron chi connectivity index (χ0n) is 15.8. The average Bonchev–Trinajstić information content (AvgIpc) is 3.50. The third-order valence-electron chi connectivity index (χ3n) is 4.86. The van der Waals surface area contributed by atoms with Crippen molar-refractivity contribution in [1.29, 1.82) is 0 Å². The Hall–Kier alpha value is -3.05. The van der Waals surface area contributed by atoms with Gasteiger partial charge in [-0.2, -0.15) is 0 Å². The molecule has 3 aromatic rings. The Morgan fingerprint density at radius 2 is 1.87 bits per heavy atom. The summed E-state index contributed by atoms with van der Waals surface area (Å²) in [6, 6.07) is 6.25. The van der Waals surface area contributed by atoms with Crippen molar-refractivity contribution in [3.8, 4) is 0 Å². The predicted molar refractivity (Wildman–Crippen MR) is 112 cm³/mol. The summed E-state index contributed by atoms with van der Waals surface area (Å²) in [7, 11) is -3.82. The fraction of sp³-hybridized carbons (Fsp3) is 0.263. The quantitative estimate of drug-likeness (QED) is 0.495. The molecule has 156 valence electrons. The monoisotopic (exact) mass is 445 g/mol. The lowest BCUT2D eigenvalue weighted by molar-refractivity contribution is 0.0923. The lowest BCUT2D eigenvalue weighted by atomic mass is 9.95. The summed E-state index contributed by atoms with van der Waals surface area (Å²) >= 11 is 0.810. The van der Waals surface area contributed by atoms with Crippen molar-refractivity contribution in [2.75, 3.05) is 10.6 Å². The maximum Gasteiger partial charge on any atom is 0.325 e. The lowest BCUT2D eigenvalue weighted by Crippen LogP contribution is -2.22. The number of carbonyl (C=O) groups excluding carboxylic acids is 2. The fourth-order valence-electron chi connectivity index (χ4n) is 3.40. The van der Waals surface area contributed by atoms with E-state index >= 15 is 0 Å². The normalized spacial score (nSPS) is 14.5. The van der Waals surface area contributed by atoms with Crippen molar-refractivity contribution in [2.45, 2.75) is 35.0 Å². The van der Waals surface area contributed by atoms with Crippen LogP contribution < -0.4 is 10.6 Å². The second-order valence-corrected chi connectivity index (χ2v) is 9.98. The van der Waals surface area contributed by atoms with Crippen LogP contribution in [0.3, 0.4) is 0 Å². The van der Waals surface area contributed by atoms with Crippen LogP contribution in [0.5, 0.6) is 0 Å². The number of urea groups is 1. The summed E-state index contributed by atoms with van der Waals surface area (Å²) in [5, 5.41) is 5.10. The number of H-pyrrole nitrogens is 1. The Bertz CT molecular complexity index is 1170. The number of hydrogen-bond acceptors (Lipinski definition) is 7. The molecule has 0 spiro atoms. The molecule has 1 aliphatic carbocycles. The Balaban J connectivity index is 1.46. The number of para-hydroxylation sites is 1. The van der Waals surface area contributed by atoms with Gasteiger partial charge < -0.3 is 10.3 Å². The molecule has 2 amide bonds. The summed E-state index contributed by atoms with van der Waals surface area (Å²) in [5.41, 5.74) is 0.881. The summed E-state index contributed by atoms with van der Waals surface area (Å²) < 4.78 is 24.8. The van der Waals surface area contributed by atoms with Crippen LogP contribution >= 0.6 is 11.3 Å². The molecule has 30 heavy (non-hydrogen) atoms. The second-order valence-electron chi connectivity index (χ2n) is 6.85. The Kier molecular flexibility index (Phi) is 5.64. The molecular weight excluding hydrogens is 426 g/mol. The van der Waals surface area contributed by atoms with Gasteiger partial charge >= 0.3 is 6.03 Å². The molecule has 1 aromatic carbocycles. The summed E-state index contributed by atoms with van der Waals surface area (Å²) in [5.74, 6) is 0.0221. The number of imidazole rings is 1. The molecule has 0 radical (unpaired) electrons. The molecule has 2 aromatic heterocycles. The van der Waals surface area contributed by atoms with E-state index in [2.05, 4.69) is 25.6 Å². The van der Waals surface area contributed by atoms with Gasteiger partial charge in [0.05, 0.1) is 11.9 Å². The molecule has 1 saturated carbocycles. The third-order valence-corrected chi connectivity index (χ3v) is 7.85. The number of rotatable bonds is 6. The predicted octanol–water partition coefficient (Wildman–Crippen LogP) is 3.72. The molecule has 1 aliphatic rings. The van der Waals surface area contributed by atoms with E-state index in [1.165, 1.54) is 12.4 Å². The minimum Gasteiger partial charge on any atom is -0.335 e. The number of aromatic amines is 1. The first-order valence-corrected chi connectivity index (χ1v) is 11.7. The molecule has 0 bridgehead atoms. The highest BCUT2D eigenvalue weighted by atomic mass is 32.2. The number of anilines is 2. The topological polar surface area (TPSA) is 134 Å². The Morgan fingerprint density at radius 3 is 2.60 bits per heavy atom. The van der Waals surface area contributed by atoms with Crippen molar-refractivity contribution in [3.05, 3.63) is 48.4 Å². The van der Waals surface area contributed by atoms with Crippen molar-refractivity contribution in [2.24, 2.45) is 5.92 Å². The van der Waals surface area contributed by atoms with Crippen LogP contribution in [0.4, 0.5) is 15.6 Å². The van der Waals surface area contributed by atoms with Gasteiger partial charge in [0, 0.05) is 23.9 Å². The number of amides is 2. The highest BCUT2D eigenvalue weighted by Gasteiger charge is 2.26. The fourth-order valence-corrected chi connectivity index (χ4v) is 5.66. The van der Waals surface area contributed by atoms with E-state index in [1.54, 1.807) is 24.3 Å². The molecule has 0 unspecified atom stereocenters. The van der Waals surface area contributed by atoms with Gasteiger partial charge in [0.15, 0.2) is 10.9 Å². The smallest absolute Gasteiger partial charge is 0.325 e. The van der Waals surface area contributed by atoms with Gasteiger partial charge in [0.2, 0.25) is 5.16 Å². The molecule has 4 rings (SSSR count). The number of sulfone groups is 1. The van der Waals surface area contributed by atoms with E-state index in [4.69, 9.17) is 0 Å². The molecule has 3 N–H and O–H groups in total. The van der Waals surface area contributed by atoms with Gasteiger partial charge in [-0.1, -0.05) is 36.3 Å². The van der Waals surface area contributed by atoms with E-state index in [9.17, 15) is 18.0 Å². The first-order chi connectivity index (χ1) is 14.4. The van der Waals surface area contributed by atoms with Crippen LogP contribution in [0.15, 0.2) is 52.2 Å². The van der Waals surface area contributed by atoms with E-state index in [0.29, 0.717) is 11.3 Å². The van der Waals surface area contributed by atoms with Crippen LogP contribution in [0.25, 0.3) is 0 Å². The number of carbonyl (C=O) groups is 2. The minimum atomic E-state index is -3.82. The highest BCUT2D eigenvalue weighted by Crippen LogP contribution is 2.31. The first kappa shape index (κ1) is 20.2. The first-order valence-electron chi connectivity index (χ1n) is 9.36. The molecule has 2 heterocycles. The summed E-state index contributed by atoms with van der Waals surface area (Å²) in [4.78, 5) is 35.5. The van der Waals surface area contributed by atoms with Crippen molar-refractivity contribution >= 4 is 43.8 Å². The zero-order valence-corrected chi connectivity index (χ0v) is 17.4. The molecule has 9 nitrogen and oxygen atoms in total. The van der Waals surface area contributed by atoms with Gasteiger partial charge in [0.25, 0.3) is 9.84 Å². The molecular formula is C19H19N5O4S2. The van der Waals surface area contributed by atoms with Crippen molar-refractivity contribution < 1.29 is 18.0 Å². The number of benzene rings is 1. The van der Waals surface area contributed by atoms with Crippen LogP contribution in [-0.2, 0) is 9.84 Å². The van der Waals surface area contributed by atoms with Gasteiger partial charge in [-0.15, -0.1) is 0 Å². The number of nitrogens with zero attached hydrogens (tertiary/aromatic N) is 2. The number of nitrogens with one attached hydrogen (secondary N) is 3. The maximum absolute atomic E-state index is 12.8. The number of Topliss-reactive ketones (excluding diaryl/α,β-unsaturated/α-hetero) is 1. The maximum atomic E-state index is 12.8. The largest absolute Gasteiger partial charge is 0.335 e. The molecule has 1 fully saturated rings. The van der Waals surface area contributed by atoms with Crippen LogP contribution in [-0.4, -0.2) is 35.2 Å². The van der Waals surface area contributed by atoms with Crippen molar-refractivity contribution in [3.63, 3.8) is 0 Å². The zero-order chi connectivity index (χ0) is 21.1. The van der Waals surface area contributed by atoms with Crippen LogP contribution in [0.2, 0.25) is 0 Å². The Morgan fingerprint density at radius 1 is 1.10 bits per heavy atom. The molecule has 0 saturated heterocycles. The molecule has 11 heteroatoms. The van der Waals surface area contributed by atoms with E-state index < -0.39 is 15.9 Å². The molecule has 0 aliphatic heterocycles. The van der Waals surface area contributed by atoms with E-state index in [-0.39, 0.29) is 26.2 Å². The third kappa shape index (κ3) is 4.12. The van der Waals surface area contributed by atoms with E-state index in [0.717, 1.165) is 43.2 Å². The summed E-state index contributed by atoms with van der Waals surface area (Å²) in [6.07, 6.45) is 7.72. The van der Waals surface area contributed by atoms with Gasteiger partial charge in [0.1, 0.15) is 4.21 Å². The van der Waals surface area contributed by atoms with Gasteiger partial charge in [-0.05, 0) is 25.0 Å². The minimum absolute atomic E-state index is 0.00987. The molecule has 0 atom stereocenters. The van der Waals surface area contributed by atoms with Crippen LogP contribution in [0.1, 0.15) is 36.0 Å². The number of thiazole rings is 1. The van der Waals surface area contributed by atoms with Crippen LogP contribution in [0, 0.1) is 5.92 Å². The SMILES string of the molecule is O=C(Nc1ncc(S(=O)(=O)c2ncc[nH]2)s1)Nc1ccccc1C(=O)C1CCCC1. The van der Waals surface area contributed by atoms with Crippen molar-refractivity contribution in [1.82, 2.24) is 15.0 Å². The lowest BCUT2D eigenvalue weighted by Gasteiger charge is -2.13. The highest BCUT2D eigenvalue weighted by molar-refractivity contribution is 7.93. The average molecular weight is 446 g/mol. The number of ketones is 1. The summed E-state index contributed by atoms with van der Waals surface area (Å²) in [6.45, 7) is 0.